The van der Waals surface area contributed by atoms with Gasteiger partial charge in [0.25, 0.3) is 0 Å². The van der Waals surface area contributed by atoms with E-state index in [0.29, 0.717) is 22.4 Å². The maximum atomic E-state index is 12.8. The van der Waals surface area contributed by atoms with Crippen molar-refractivity contribution in [3.8, 4) is 0 Å². The predicted octanol–water partition coefficient (Wildman–Crippen LogP) is 3.65. The van der Waals surface area contributed by atoms with E-state index in [0.717, 1.165) is 0 Å². The van der Waals surface area contributed by atoms with Crippen molar-refractivity contribution in [2.75, 3.05) is 11.1 Å². The molecule has 0 atom stereocenters. The van der Waals surface area contributed by atoms with Crippen LogP contribution in [-0.2, 0) is 14.6 Å². The third-order valence-corrected chi connectivity index (χ3v) is 6.94. The summed E-state index contributed by atoms with van der Waals surface area (Å²) in [7, 11) is -3.44. The zero-order chi connectivity index (χ0) is 22.0. The molecule has 1 aliphatic carbocycles. The highest BCUT2D eigenvalue weighted by atomic mass is 32.2. The van der Waals surface area contributed by atoms with Gasteiger partial charge in [0.1, 0.15) is 0 Å². The smallest absolute Gasteiger partial charge is 0.224 e. The van der Waals surface area contributed by atoms with Crippen molar-refractivity contribution in [2.45, 2.75) is 17.7 Å². The molecule has 31 heavy (non-hydrogen) atoms. The molecule has 0 heterocycles. The number of rotatable bonds is 6. The summed E-state index contributed by atoms with van der Waals surface area (Å²) < 4.78 is 24.6. The van der Waals surface area contributed by atoms with Gasteiger partial charge in [0, 0.05) is 34.4 Å². The van der Waals surface area contributed by atoms with Crippen molar-refractivity contribution in [1.82, 2.24) is 0 Å². The predicted molar refractivity (Wildman–Crippen MR) is 116 cm³/mol. The van der Waals surface area contributed by atoms with Gasteiger partial charge in [-0.1, -0.05) is 42.5 Å². The summed E-state index contributed by atoms with van der Waals surface area (Å²) in [6.45, 7) is 0. The lowest BCUT2D eigenvalue weighted by molar-refractivity contribution is -0.116. The molecule has 0 unspecified atom stereocenters. The fourth-order valence-corrected chi connectivity index (χ4v) is 4.90. The molecule has 7 heteroatoms. The molecule has 0 saturated heterocycles. The van der Waals surface area contributed by atoms with Crippen LogP contribution in [0.15, 0.2) is 77.7 Å². The molecule has 1 aliphatic rings. The molecule has 0 aliphatic heterocycles. The van der Waals surface area contributed by atoms with E-state index in [4.69, 9.17) is 0 Å². The molecule has 1 amide bonds. The monoisotopic (exact) mass is 433 g/mol. The highest BCUT2D eigenvalue weighted by Gasteiger charge is 2.29. The van der Waals surface area contributed by atoms with Gasteiger partial charge in [-0.05, 0) is 36.8 Å². The Hall–Kier alpha value is -3.58. The molecule has 0 fully saturated rings. The van der Waals surface area contributed by atoms with Gasteiger partial charge < -0.3 is 5.32 Å². The molecule has 3 aromatic rings. The van der Waals surface area contributed by atoms with Crippen molar-refractivity contribution in [2.24, 2.45) is 0 Å². The Bertz CT molecular complexity index is 1300. The first kappa shape index (κ1) is 20.7. The summed E-state index contributed by atoms with van der Waals surface area (Å²) in [5, 5.41) is 2.68. The van der Waals surface area contributed by atoms with Gasteiger partial charge in [0.15, 0.2) is 21.4 Å². The van der Waals surface area contributed by atoms with E-state index >= 15 is 0 Å². The average molecular weight is 433 g/mol. The summed E-state index contributed by atoms with van der Waals surface area (Å²) in [5.74, 6) is -0.999. The van der Waals surface area contributed by atoms with Crippen molar-refractivity contribution < 1.29 is 22.8 Å². The third kappa shape index (κ3) is 4.18. The van der Waals surface area contributed by atoms with Crippen LogP contribution in [0.1, 0.15) is 44.7 Å². The highest BCUT2D eigenvalue weighted by molar-refractivity contribution is 7.91. The Morgan fingerprint density at radius 3 is 2.00 bits per heavy atom. The molecule has 4 rings (SSSR count). The molecule has 0 aromatic heterocycles. The number of anilines is 1. The summed E-state index contributed by atoms with van der Waals surface area (Å²) >= 11 is 0. The third-order valence-electron chi connectivity index (χ3n) is 5.13. The van der Waals surface area contributed by atoms with Gasteiger partial charge in [-0.15, -0.1) is 0 Å². The molecule has 6 nitrogen and oxygen atoms in total. The first-order chi connectivity index (χ1) is 14.9. The summed E-state index contributed by atoms with van der Waals surface area (Å²) in [6, 6.07) is 19.3. The number of fused-ring (bicyclic) bond motifs is 2. The number of hydrogen-bond acceptors (Lipinski definition) is 5. The number of nitrogens with one attached hydrogen (secondary N) is 1. The van der Waals surface area contributed by atoms with Crippen molar-refractivity contribution >= 4 is 33.0 Å². The minimum atomic E-state index is -3.44. The van der Waals surface area contributed by atoms with Crippen LogP contribution in [0.3, 0.4) is 0 Å². The molecule has 0 radical (unpaired) electrons. The number of hydrogen-bond donors (Lipinski definition) is 1. The summed E-state index contributed by atoms with van der Waals surface area (Å²) in [6.07, 6.45) is 0.178. The van der Waals surface area contributed by atoms with E-state index in [9.17, 15) is 22.8 Å². The van der Waals surface area contributed by atoms with E-state index in [1.165, 1.54) is 24.3 Å². The lowest BCUT2D eigenvalue weighted by atomic mass is 9.84. The van der Waals surface area contributed by atoms with Gasteiger partial charge in [-0.2, -0.15) is 0 Å². The fourth-order valence-electron chi connectivity index (χ4n) is 3.57. The van der Waals surface area contributed by atoms with Gasteiger partial charge in [-0.3, -0.25) is 14.4 Å². The first-order valence-corrected chi connectivity index (χ1v) is 11.4. The largest absolute Gasteiger partial charge is 0.326 e. The minimum absolute atomic E-state index is 0.0128. The van der Waals surface area contributed by atoms with Crippen molar-refractivity contribution in [3.05, 3.63) is 95.1 Å². The van der Waals surface area contributed by atoms with Crippen molar-refractivity contribution in [1.29, 1.82) is 0 Å². The zero-order valence-corrected chi connectivity index (χ0v) is 17.3. The Balaban J connectivity index is 1.42. The molecule has 1 N–H and O–H groups in total. The molecule has 0 saturated carbocycles. The number of sulfone groups is 1. The molecule has 0 bridgehead atoms. The molecule has 0 spiro atoms. The minimum Gasteiger partial charge on any atom is -0.326 e. The highest BCUT2D eigenvalue weighted by Crippen LogP contribution is 2.29. The Morgan fingerprint density at radius 2 is 1.32 bits per heavy atom. The Kier molecular flexibility index (Phi) is 5.52. The Labute approximate surface area is 179 Å². The summed E-state index contributed by atoms with van der Waals surface area (Å²) in [4.78, 5) is 37.9. The van der Waals surface area contributed by atoms with Crippen LogP contribution in [0.25, 0.3) is 0 Å². The molecule has 3 aromatic carbocycles. The van der Waals surface area contributed by atoms with Crippen LogP contribution in [0.5, 0.6) is 0 Å². The number of ketones is 2. The second kappa shape index (κ2) is 8.28. The van der Waals surface area contributed by atoms with Crippen LogP contribution in [0.4, 0.5) is 5.69 Å². The SMILES string of the molecule is O=C(CCCS(=O)(=O)c1ccccc1)Nc1ccc2c(c1)C(=O)c1ccccc1C2=O. The standard InChI is InChI=1S/C24H19NO5S/c26-22(11-6-14-31(29,30)17-7-2-1-3-8-17)25-16-12-13-20-21(15-16)24(28)19-10-5-4-9-18(19)23(20)27/h1-5,7-10,12-13,15H,6,11,14H2,(H,25,26). The van der Waals surface area contributed by atoms with Crippen molar-refractivity contribution in [3.63, 3.8) is 0 Å². The lowest BCUT2D eigenvalue weighted by Crippen LogP contribution is -2.21. The van der Waals surface area contributed by atoms with Crippen LogP contribution >= 0.6 is 0 Å². The topological polar surface area (TPSA) is 97.4 Å². The molecule has 156 valence electrons. The molecular weight excluding hydrogens is 414 g/mol. The molecular formula is C24H19NO5S. The van der Waals surface area contributed by atoms with E-state index in [1.807, 2.05) is 0 Å². The zero-order valence-electron chi connectivity index (χ0n) is 16.5. The second-order valence-electron chi connectivity index (χ2n) is 7.25. The normalized spacial score (nSPS) is 12.8. The van der Waals surface area contributed by atoms with Gasteiger partial charge >= 0.3 is 0 Å². The van der Waals surface area contributed by atoms with Gasteiger partial charge in [0.2, 0.25) is 5.91 Å². The lowest BCUT2D eigenvalue weighted by Gasteiger charge is -2.18. The average Bonchev–Trinajstić information content (AvgIpc) is 2.78. The van der Waals surface area contributed by atoms with E-state index in [2.05, 4.69) is 5.32 Å². The van der Waals surface area contributed by atoms with Crippen LogP contribution in [0.2, 0.25) is 0 Å². The number of carbonyl (C=O) groups is 3. The first-order valence-electron chi connectivity index (χ1n) is 9.77. The second-order valence-corrected chi connectivity index (χ2v) is 9.36. The quantitative estimate of drug-likeness (QED) is 0.501. The number of amides is 1. The van der Waals surface area contributed by atoms with E-state index < -0.39 is 9.84 Å². The van der Waals surface area contributed by atoms with E-state index in [-0.39, 0.29) is 46.5 Å². The van der Waals surface area contributed by atoms with Crippen LogP contribution < -0.4 is 5.32 Å². The van der Waals surface area contributed by atoms with Crippen LogP contribution in [-0.4, -0.2) is 31.6 Å². The van der Waals surface area contributed by atoms with Gasteiger partial charge in [-0.25, -0.2) is 8.42 Å². The van der Waals surface area contributed by atoms with Gasteiger partial charge in [0.05, 0.1) is 10.6 Å². The van der Waals surface area contributed by atoms with Crippen LogP contribution in [0, 0.1) is 0 Å². The maximum absolute atomic E-state index is 12.8. The number of benzene rings is 3. The Morgan fingerprint density at radius 1 is 0.742 bits per heavy atom. The number of carbonyl (C=O) groups excluding carboxylic acids is 3. The van der Waals surface area contributed by atoms with E-state index in [1.54, 1.807) is 48.5 Å². The fraction of sp³-hybridized carbons (Fsp3) is 0.125. The summed E-state index contributed by atoms with van der Waals surface area (Å²) in [5.41, 5.74) is 1.64. The maximum Gasteiger partial charge on any atom is 0.224 e.